The van der Waals surface area contributed by atoms with Crippen LogP contribution in [0.2, 0.25) is 0 Å². The third-order valence-corrected chi connectivity index (χ3v) is 3.45. The quantitative estimate of drug-likeness (QED) is 0.805. The van der Waals surface area contributed by atoms with Gasteiger partial charge in [0.2, 0.25) is 5.91 Å². The lowest BCUT2D eigenvalue weighted by molar-refractivity contribution is -0.121. The third-order valence-electron chi connectivity index (χ3n) is 3.45. The minimum atomic E-state index is -0.338. The van der Waals surface area contributed by atoms with E-state index in [1.165, 1.54) is 16.7 Å². The zero-order chi connectivity index (χ0) is 15.1. The molecule has 0 spiro atoms. The second-order valence-corrected chi connectivity index (χ2v) is 5.95. The molecule has 0 aliphatic heterocycles. The molecule has 1 rings (SSSR count). The molecule has 0 fully saturated rings. The highest BCUT2D eigenvalue weighted by Gasteiger charge is 2.09. The molecule has 0 aliphatic carbocycles. The summed E-state index contributed by atoms with van der Waals surface area (Å²) in [5, 5.41) is 12.5. The van der Waals surface area contributed by atoms with E-state index >= 15 is 0 Å². The molecule has 0 aromatic heterocycles. The highest BCUT2D eigenvalue weighted by molar-refractivity contribution is 5.76. The summed E-state index contributed by atoms with van der Waals surface area (Å²) in [5.74, 6) is 0.294. The van der Waals surface area contributed by atoms with Crippen molar-refractivity contribution in [2.24, 2.45) is 5.92 Å². The van der Waals surface area contributed by atoms with Gasteiger partial charge < -0.3 is 10.4 Å². The summed E-state index contributed by atoms with van der Waals surface area (Å²) in [6.07, 6.45) is 1.55. The van der Waals surface area contributed by atoms with Crippen LogP contribution in [0.5, 0.6) is 0 Å². The fraction of sp³-hybridized carbons (Fsp3) is 0.588. The molecule has 0 aliphatic rings. The van der Waals surface area contributed by atoms with E-state index in [1.54, 1.807) is 0 Å². The molecular weight excluding hydrogens is 250 g/mol. The number of amides is 1. The summed E-state index contributed by atoms with van der Waals surface area (Å²) in [7, 11) is 0. The number of hydrogen-bond donors (Lipinski definition) is 2. The maximum absolute atomic E-state index is 11.7. The van der Waals surface area contributed by atoms with Crippen LogP contribution in [0.4, 0.5) is 0 Å². The van der Waals surface area contributed by atoms with Crippen LogP contribution in [-0.4, -0.2) is 23.7 Å². The average Bonchev–Trinajstić information content (AvgIpc) is 2.35. The number of aryl methyl sites for hydroxylation is 3. The normalized spacial score (nSPS) is 12.5. The van der Waals surface area contributed by atoms with Gasteiger partial charge in [0.1, 0.15) is 0 Å². The highest BCUT2D eigenvalue weighted by atomic mass is 16.3. The maximum Gasteiger partial charge on any atom is 0.220 e. The Morgan fingerprint density at radius 1 is 1.20 bits per heavy atom. The number of aliphatic hydroxyl groups excluding tert-OH is 1. The van der Waals surface area contributed by atoms with Gasteiger partial charge in [0.15, 0.2) is 0 Å². The minimum Gasteiger partial charge on any atom is -0.393 e. The molecule has 1 aromatic rings. The van der Waals surface area contributed by atoms with Crippen LogP contribution in [0, 0.1) is 19.8 Å². The second kappa shape index (κ2) is 8.05. The fourth-order valence-corrected chi connectivity index (χ4v) is 2.25. The zero-order valence-electron chi connectivity index (χ0n) is 13.1. The van der Waals surface area contributed by atoms with E-state index in [2.05, 4.69) is 37.4 Å². The molecule has 20 heavy (non-hydrogen) atoms. The molecule has 0 bridgehead atoms. The molecule has 1 atom stereocenters. The summed E-state index contributed by atoms with van der Waals surface area (Å²) < 4.78 is 0. The maximum atomic E-state index is 11.7. The first-order valence-electron chi connectivity index (χ1n) is 7.40. The Kier molecular flexibility index (Phi) is 6.73. The number of rotatable bonds is 7. The van der Waals surface area contributed by atoms with E-state index in [4.69, 9.17) is 0 Å². The van der Waals surface area contributed by atoms with Crippen molar-refractivity contribution in [3.05, 3.63) is 34.9 Å². The Labute approximate surface area is 122 Å². The lowest BCUT2D eigenvalue weighted by atomic mass is 10.0. The zero-order valence-corrected chi connectivity index (χ0v) is 13.1. The van der Waals surface area contributed by atoms with Crippen molar-refractivity contribution >= 4 is 5.91 Å². The van der Waals surface area contributed by atoms with Gasteiger partial charge in [-0.2, -0.15) is 0 Å². The van der Waals surface area contributed by atoms with Crippen molar-refractivity contribution in [2.75, 3.05) is 6.54 Å². The van der Waals surface area contributed by atoms with Crippen LogP contribution in [0.15, 0.2) is 18.2 Å². The van der Waals surface area contributed by atoms with Crippen molar-refractivity contribution in [3.63, 3.8) is 0 Å². The van der Waals surface area contributed by atoms with E-state index in [-0.39, 0.29) is 17.9 Å². The van der Waals surface area contributed by atoms with E-state index in [9.17, 15) is 9.90 Å². The number of carbonyl (C=O) groups excluding carboxylic acids is 1. The largest absolute Gasteiger partial charge is 0.393 e. The molecule has 1 unspecified atom stereocenters. The Hall–Kier alpha value is -1.35. The number of hydrogen-bond acceptors (Lipinski definition) is 2. The molecule has 2 N–H and O–H groups in total. The van der Waals surface area contributed by atoms with Gasteiger partial charge >= 0.3 is 0 Å². The van der Waals surface area contributed by atoms with Gasteiger partial charge in [-0.15, -0.1) is 0 Å². The first-order chi connectivity index (χ1) is 9.38. The van der Waals surface area contributed by atoms with E-state index < -0.39 is 0 Å². The molecule has 3 heteroatoms. The van der Waals surface area contributed by atoms with E-state index in [0.717, 1.165) is 6.42 Å². The lowest BCUT2D eigenvalue weighted by Gasteiger charge is -2.14. The molecule has 0 saturated heterocycles. The number of nitrogens with one attached hydrogen (secondary N) is 1. The molecule has 0 radical (unpaired) electrons. The van der Waals surface area contributed by atoms with Gasteiger partial charge in [-0.05, 0) is 38.2 Å². The summed E-state index contributed by atoms with van der Waals surface area (Å²) in [5.41, 5.74) is 3.68. The molecule has 112 valence electrons. The second-order valence-electron chi connectivity index (χ2n) is 5.95. The lowest BCUT2D eigenvalue weighted by Crippen LogP contribution is -2.28. The number of carbonyl (C=O) groups is 1. The van der Waals surface area contributed by atoms with Gasteiger partial charge in [0, 0.05) is 13.0 Å². The van der Waals surface area contributed by atoms with Crippen LogP contribution in [-0.2, 0) is 11.2 Å². The molecule has 1 amide bonds. The van der Waals surface area contributed by atoms with Gasteiger partial charge in [-0.25, -0.2) is 0 Å². The van der Waals surface area contributed by atoms with E-state index in [0.29, 0.717) is 19.4 Å². The standard InChI is InChI=1S/C17H27NO2/c1-12(2)16(19)7-8-18-17(20)6-5-15-10-13(3)9-14(4)11-15/h9-12,16,19H,5-8H2,1-4H3,(H,18,20). The fourth-order valence-electron chi connectivity index (χ4n) is 2.25. The van der Waals surface area contributed by atoms with Crippen LogP contribution in [0.1, 0.15) is 43.4 Å². The Morgan fingerprint density at radius 3 is 2.35 bits per heavy atom. The molecular formula is C17H27NO2. The van der Waals surface area contributed by atoms with Gasteiger partial charge in [-0.1, -0.05) is 43.2 Å². The highest BCUT2D eigenvalue weighted by Crippen LogP contribution is 2.10. The smallest absolute Gasteiger partial charge is 0.220 e. The monoisotopic (exact) mass is 277 g/mol. The van der Waals surface area contributed by atoms with Crippen LogP contribution >= 0.6 is 0 Å². The van der Waals surface area contributed by atoms with Crippen molar-refractivity contribution < 1.29 is 9.90 Å². The van der Waals surface area contributed by atoms with Crippen LogP contribution < -0.4 is 5.32 Å². The topological polar surface area (TPSA) is 49.3 Å². The SMILES string of the molecule is Cc1cc(C)cc(CCC(=O)NCCC(O)C(C)C)c1. The van der Waals surface area contributed by atoms with Crippen molar-refractivity contribution in [2.45, 2.75) is 53.1 Å². The Bertz CT molecular complexity index is 420. The minimum absolute atomic E-state index is 0.0557. The molecule has 0 heterocycles. The first-order valence-corrected chi connectivity index (χ1v) is 7.40. The van der Waals surface area contributed by atoms with Gasteiger partial charge in [0.25, 0.3) is 0 Å². The van der Waals surface area contributed by atoms with Crippen LogP contribution in [0.3, 0.4) is 0 Å². The summed E-state index contributed by atoms with van der Waals surface area (Å²) in [6.45, 7) is 8.65. The van der Waals surface area contributed by atoms with Gasteiger partial charge in [0.05, 0.1) is 6.10 Å². The van der Waals surface area contributed by atoms with Crippen LogP contribution in [0.25, 0.3) is 0 Å². The summed E-state index contributed by atoms with van der Waals surface area (Å²) >= 11 is 0. The first kappa shape index (κ1) is 16.7. The number of benzene rings is 1. The van der Waals surface area contributed by atoms with Crippen molar-refractivity contribution in [1.82, 2.24) is 5.32 Å². The van der Waals surface area contributed by atoms with Gasteiger partial charge in [-0.3, -0.25) is 4.79 Å². The van der Waals surface area contributed by atoms with E-state index in [1.807, 2.05) is 13.8 Å². The summed E-state index contributed by atoms with van der Waals surface area (Å²) in [6, 6.07) is 6.39. The predicted octanol–water partition coefficient (Wildman–Crippen LogP) is 2.76. The predicted molar refractivity (Wildman–Crippen MR) is 82.7 cm³/mol. The average molecular weight is 277 g/mol. The molecule has 0 saturated carbocycles. The Balaban J connectivity index is 2.29. The van der Waals surface area contributed by atoms with Crippen molar-refractivity contribution in [1.29, 1.82) is 0 Å². The third kappa shape index (κ3) is 6.20. The summed E-state index contributed by atoms with van der Waals surface area (Å²) in [4.78, 5) is 11.7. The number of aliphatic hydroxyl groups is 1. The Morgan fingerprint density at radius 2 is 1.80 bits per heavy atom. The molecule has 3 nitrogen and oxygen atoms in total. The van der Waals surface area contributed by atoms with Crippen molar-refractivity contribution in [3.8, 4) is 0 Å². The molecule has 1 aromatic carbocycles.